The topological polar surface area (TPSA) is 268 Å². The van der Waals surface area contributed by atoms with E-state index in [1.54, 1.807) is 0 Å². The second-order valence-corrected chi connectivity index (χ2v) is 18.6. The van der Waals surface area contributed by atoms with Crippen molar-refractivity contribution in [1.82, 2.24) is 10.6 Å². The third-order valence-electron chi connectivity index (χ3n) is 7.45. The van der Waals surface area contributed by atoms with E-state index in [1.165, 1.54) is 27.7 Å². The number of carbonyl (C=O) groups is 9. The van der Waals surface area contributed by atoms with Crippen molar-refractivity contribution >= 4 is 212 Å². The zero-order valence-electron chi connectivity index (χ0n) is 32.5. The minimum Gasteiger partial charge on any atom is -0.466 e. The quantitative estimate of drug-likeness (QED) is 0.0522. The number of hydrogen-bond donors (Lipinski definition) is 5. The monoisotopic (exact) mass is 1510 g/mol. The Balaban J connectivity index is 3.05. The average molecular weight is 1510 g/mol. The van der Waals surface area contributed by atoms with Crippen LogP contribution >= 0.6 is 136 Å². The van der Waals surface area contributed by atoms with Crippen LogP contribution in [-0.2, 0) is 47.7 Å². The number of halogens is 6. The van der Waals surface area contributed by atoms with Crippen LogP contribution in [0.1, 0.15) is 75.1 Å². The van der Waals surface area contributed by atoms with E-state index in [-0.39, 0.29) is 94.4 Å². The number of nitrogens with one attached hydrogen (secondary N) is 4. The van der Waals surface area contributed by atoms with Gasteiger partial charge in [0.25, 0.3) is 23.6 Å². The van der Waals surface area contributed by atoms with Gasteiger partial charge in [-0.1, -0.05) is 0 Å². The van der Waals surface area contributed by atoms with Crippen LogP contribution in [0, 0.1) is 21.4 Å². The Hall–Kier alpha value is -2.15. The lowest BCUT2D eigenvalue weighted by atomic mass is 10.1. The van der Waals surface area contributed by atoms with Crippen molar-refractivity contribution < 1.29 is 62.1 Å². The highest BCUT2D eigenvalue weighted by atomic mass is 127. The Labute approximate surface area is 426 Å². The summed E-state index contributed by atoms with van der Waals surface area (Å²) in [7, 11) is 0. The fourth-order valence-corrected chi connectivity index (χ4v) is 13.7. The van der Waals surface area contributed by atoms with Crippen LogP contribution in [0.15, 0.2) is 0 Å². The Bertz CT molecular complexity index is 1950. The minimum absolute atomic E-state index is 0.00852. The molecule has 2 aromatic rings. The molecule has 0 spiro atoms. The van der Waals surface area contributed by atoms with Crippen molar-refractivity contribution in [2.24, 2.45) is 5.73 Å². The number of hydrogen-bond acceptors (Lipinski definition) is 13. The molecule has 2 rings (SSSR count). The molecule has 0 saturated heterocycles. The second kappa shape index (κ2) is 25.2. The van der Waals surface area contributed by atoms with Crippen LogP contribution < -0.4 is 31.9 Å². The molecule has 0 aliphatic rings. The molecule has 6 amide bonds. The molecule has 0 aliphatic carbocycles. The van der Waals surface area contributed by atoms with Crippen LogP contribution in [-0.4, -0.2) is 92.0 Å². The lowest BCUT2D eigenvalue weighted by molar-refractivity contribution is -0.151. The summed E-state index contributed by atoms with van der Waals surface area (Å²) in [4.78, 5) is 116. The third-order valence-corrected chi connectivity index (χ3v) is 13.8. The van der Waals surface area contributed by atoms with Crippen molar-refractivity contribution in [2.45, 2.75) is 66.6 Å². The number of anilines is 4. The molecule has 60 heavy (non-hydrogen) atoms. The molecule has 2 unspecified atom stereocenters. The highest BCUT2D eigenvalue weighted by Crippen LogP contribution is 2.48. The number of nitrogens with two attached hydrogens (primary N) is 1. The van der Waals surface area contributed by atoms with Gasteiger partial charge in [0.1, 0.15) is 0 Å². The predicted molar refractivity (Wildman–Crippen MR) is 268 cm³/mol. The summed E-state index contributed by atoms with van der Waals surface area (Å²) < 4.78 is 21.2. The molecule has 0 aliphatic heterocycles. The molecular formula is C35H38I6N6O13. The van der Waals surface area contributed by atoms with Crippen molar-refractivity contribution in [3.63, 3.8) is 0 Å². The molecule has 0 aromatic heterocycles. The predicted octanol–water partition coefficient (Wildman–Crippen LogP) is 5.68. The first-order valence-electron chi connectivity index (χ1n) is 17.2. The Kier molecular flexibility index (Phi) is 22.7. The van der Waals surface area contributed by atoms with Gasteiger partial charge in [0.05, 0.1) is 68.5 Å². The van der Waals surface area contributed by atoms with Gasteiger partial charge in [-0.15, -0.1) is 0 Å². The lowest BCUT2D eigenvalue weighted by Gasteiger charge is -2.30. The molecule has 328 valence electrons. The molecule has 0 radical (unpaired) electrons. The van der Waals surface area contributed by atoms with Crippen molar-refractivity contribution in [1.29, 1.82) is 0 Å². The molecule has 2 aromatic carbocycles. The summed E-state index contributed by atoms with van der Waals surface area (Å²) in [5, 5.41) is 10.9. The zero-order valence-corrected chi connectivity index (χ0v) is 45.4. The maximum atomic E-state index is 14.0. The van der Waals surface area contributed by atoms with Gasteiger partial charge in [-0.25, -0.2) is 4.79 Å². The molecule has 6 N–H and O–H groups in total. The smallest absolute Gasteiger partial charge is 0.324 e. The number of primary amides is 1. The Morgan fingerprint density at radius 2 is 0.883 bits per heavy atom. The van der Waals surface area contributed by atoms with Crippen LogP contribution in [0.25, 0.3) is 0 Å². The van der Waals surface area contributed by atoms with Gasteiger partial charge in [0.15, 0.2) is 12.2 Å². The van der Waals surface area contributed by atoms with E-state index in [2.05, 4.69) is 21.3 Å². The summed E-state index contributed by atoms with van der Waals surface area (Å²) in [6.45, 7) is 7.61. The highest BCUT2D eigenvalue weighted by Gasteiger charge is 2.36. The first kappa shape index (κ1) is 54.0. The summed E-state index contributed by atoms with van der Waals surface area (Å²) in [6.07, 6.45) is -2.05. The lowest BCUT2D eigenvalue weighted by Crippen LogP contribution is -2.37. The van der Waals surface area contributed by atoms with Gasteiger partial charge in [0, 0.05) is 40.8 Å². The maximum Gasteiger partial charge on any atom is 0.324 e. The molecule has 2 atom stereocenters. The molecule has 0 fully saturated rings. The van der Waals surface area contributed by atoms with Gasteiger partial charge in [-0.2, -0.15) is 0 Å². The average Bonchev–Trinajstić information content (AvgIpc) is 3.13. The van der Waals surface area contributed by atoms with Crippen LogP contribution in [0.3, 0.4) is 0 Å². The number of urea groups is 1. The van der Waals surface area contributed by atoms with Crippen molar-refractivity contribution in [2.75, 3.05) is 41.8 Å². The van der Waals surface area contributed by atoms with Gasteiger partial charge < -0.3 is 45.9 Å². The largest absolute Gasteiger partial charge is 0.466 e. The molecular weight excluding hydrogens is 1470 g/mol. The normalized spacial score (nSPS) is 11.6. The minimum atomic E-state index is -1.28. The van der Waals surface area contributed by atoms with Crippen molar-refractivity contribution in [3.8, 4) is 0 Å². The molecule has 25 heteroatoms. The van der Waals surface area contributed by atoms with E-state index >= 15 is 0 Å². The number of amides is 6. The second-order valence-electron chi connectivity index (χ2n) is 12.1. The summed E-state index contributed by atoms with van der Waals surface area (Å²) in [6, 6.07) is -1.11. The zero-order chi connectivity index (χ0) is 45.8. The number of esters is 4. The van der Waals surface area contributed by atoms with E-state index in [4.69, 9.17) is 24.7 Å². The number of rotatable bonds is 18. The van der Waals surface area contributed by atoms with Gasteiger partial charge >= 0.3 is 29.9 Å². The third kappa shape index (κ3) is 15.0. The first-order chi connectivity index (χ1) is 27.9. The van der Waals surface area contributed by atoms with E-state index < -0.39 is 65.7 Å². The Morgan fingerprint density at radius 3 is 1.17 bits per heavy atom. The fourth-order valence-electron chi connectivity index (χ4n) is 4.86. The maximum absolute atomic E-state index is 14.0. The fraction of sp³-hybridized carbons (Fsp3) is 0.400. The van der Waals surface area contributed by atoms with Gasteiger partial charge in [-0.3, -0.25) is 43.3 Å². The number of ether oxygens (including phenoxy) is 4. The van der Waals surface area contributed by atoms with Crippen molar-refractivity contribution in [3.05, 3.63) is 32.5 Å². The molecule has 19 nitrogen and oxygen atoms in total. The SMILES string of the molecule is CC(=O)OCCCNC(=O)c1c(I)c(NC(=O)C(C)OC(C)=O)c(I)c(N(C(N)=O)c2c(I)c(NC(=O)C(C)OC(C)=O)c(I)c(C(=O)NCCCOC(C)=O)c2I)c1I. The summed E-state index contributed by atoms with van der Waals surface area (Å²) in [5.41, 5.74) is 6.22. The molecule has 0 heterocycles. The Morgan fingerprint density at radius 1 is 0.550 bits per heavy atom. The van der Waals surface area contributed by atoms with Crippen LogP contribution in [0.2, 0.25) is 0 Å². The highest BCUT2D eigenvalue weighted by molar-refractivity contribution is 14.1. The van der Waals surface area contributed by atoms with Crippen LogP contribution in [0.5, 0.6) is 0 Å². The molecule has 0 bridgehead atoms. The summed E-state index contributed by atoms with van der Waals surface area (Å²) in [5.74, 6) is -5.29. The van der Waals surface area contributed by atoms with Gasteiger partial charge in [-0.05, 0) is 162 Å². The number of nitrogens with zero attached hydrogens (tertiary/aromatic N) is 1. The van der Waals surface area contributed by atoms with Crippen LogP contribution in [0.4, 0.5) is 27.5 Å². The standard InChI is InChI=1S/C35H38I6N6O13/c1-13(59-17(5)50)31(52)45-27-21(36)19(33(54)43-9-7-11-57-15(3)48)23(38)29(25(27)40)47(35(42)56)30-24(39)20(34(55)44-10-8-12-58-16(4)49)22(37)28(26(30)41)46-32(53)14(2)60-18(6)51/h13-14H,7-12H2,1-6H3,(H2,42,56)(H,43,54)(H,44,55)(H,45,52)(H,46,53). The first-order valence-corrected chi connectivity index (χ1v) is 23.7. The van der Waals surface area contributed by atoms with E-state index in [1.807, 2.05) is 136 Å². The number of benzene rings is 2. The number of carbonyl (C=O) groups excluding carboxylic acids is 9. The van der Waals surface area contributed by atoms with Gasteiger partial charge in [0.2, 0.25) is 0 Å². The summed E-state index contributed by atoms with van der Waals surface area (Å²) >= 11 is 11.2. The van der Waals surface area contributed by atoms with E-state index in [0.29, 0.717) is 0 Å². The van der Waals surface area contributed by atoms with E-state index in [0.717, 1.165) is 18.7 Å². The molecule has 0 saturated carbocycles. The van der Waals surface area contributed by atoms with E-state index in [9.17, 15) is 43.2 Å².